The number of nitrogens with one attached hydrogen (secondary N) is 3. The number of halogens is 1. The standard InChI is InChI=1S/C21H36N4O3.HI/c1-8-22-18(23-13-16-9-11-17(12-10-16)14-27-7)24-15-21(5,6)25-19(26)28-20(2,3)4;/h9-12H,8,13-15H2,1-7H3,(H,25,26)(H2,22,23,24);1H. The molecule has 3 N–H and O–H groups in total. The minimum Gasteiger partial charge on any atom is -0.444 e. The van der Waals surface area contributed by atoms with Crippen LogP contribution in [0.1, 0.15) is 52.7 Å². The molecule has 1 aromatic carbocycles. The third-order valence-corrected chi connectivity index (χ3v) is 3.64. The average molecular weight is 520 g/mol. The Bertz CT molecular complexity index is 640. The van der Waals surface area contributed by atoms with Crippen LogP contribution in [0.4, 0.5) is 4.79 Å². The zero-order valence-corrected chi connectivity index (χ0v) is 21.0. The molecule has 0 fully saturated rings. The van der Waals surface area contributed by atoms with Crippen molar-refractivity contribution in [1.82, 2.24) is 16.0 Å². The normalized spacial score (nSPS) is 12.0. The van der Waals surface area contributed by atoms with Gasteiger partial charge in [0.25, 0.3) is 0 Å². The van der Waals surface area contributed by atoms with Gasteiger partial charge < -0.3 is 25.4 Å². The van der Waals surface area contributed by atoms with E-state index in [0.29, 0.717) is 25.7 Å². The molecule has 0 aliphatic carbocycles. The number of alkyl carbamates (subject to hydrolysis) is 1. The van der Waals surface area contributed by atoms with E-state index in [0.717, 1.165) is 17.7 Å². The van der Waals surface area contributed by atoms with Gasteiger partial charge in [0.05, 0.1) is 18.7 Å². The number of ether oxygens (including phenoxy) is 2. The van der Waals surface area contributed by atoms with Gasteiger partial charge in [-0.3, -0.25) is 0 Å². The van der Waals surface area contributed by atoms with Gasteiger partial charge in [0.1, 0.15) is 5.60 Å². The molecule has 1 rings (SSSR count). The van der Waals surface area contributed by atoms with Crippen LogP contribution in [-0.4, -0.2) is 43.4 Å². The molecule has 1 aromatic rings. The fourth-order valence-corrected chi connectivity index (χ4v) is 2.35. The monoisotopic (exact) mass is 520 g/mol. The van der Waals surface area contributed by atoms with Crippen LogP contribution in [0.5, 0.6) is 0 Å². The quantitative estimate of drug-likeness (QED) is 0.276. The summed E-state index contributed by atoms with van der Waals surface area (Å²) in [5.41, 5.74) is 1.22. The first-order chi connectivity index (χ1) is 13.0. The minimum atomic E-state index is -0.525. The molecule has 0 heterocycles. The van der Waals surface area contributed by atoms with Crippen molar-refractivity contribution in [3.05, 3.63) is 35.4 Å². The molecule has 0 aromatic heterocycles. The third kappa shape index (κ3) is 12.6. The van der Waals surface area contributed by atoms with Gasteiger partial charge in [-0.25, -0.2) is 9.79 Å². The number of nitrogens with zero attached hydrogens (tertiary/aromatic N) is 1. The lowest BCUT2D eigenvalue weighted by Gasteiger charge is -2.29. The Morgan fingerprint density at radius 2 is 1.62 bits per heavy atom. The molecule has 0 saturated heterocycles. The molecule has 0 spiro atoms. The van der Waals surface area contributed by atoms with Gasteiger partial charge in [-0.05, 0) is 52.7 Å². The average Bonchev–Trinajstić information content (AvgIpc) is 2.56. The summed E-state index contributed by atoms with van der Waals surface area (Å²) in [5, 5.41) is 9.39. The number of aliphatic imine (C=N–C) groups is 1. The van der Waals surface area contributed by atoms with Crippen LogP contribution in [0.2, 0.25) is 0 Å². The van der Waals surface area contributed by atoms with Crippen molar-refractivity contribution in [2.24, 2.45) is 4.99 Å². The van der Waals surface area contributed by atoms with Crippen LogP contribution in [0.25, 0.3) is 0 Å². The van der Waals surface area contributed by atoms with E-state index in [-0.39, 0.29) is 24.0 Å². The number of guanidine groups is 1. The van der Waals surface area contributed by atoms with Crippen molar-refractivity contribution in [2.75, 3.05) is 20.2 Å². The van der Waals surface area contributed by atoms with E-state index in [4.69, 9.17) is 9.47 Å². The molecule has 8 heteroatoms. The summed E-state index contributed by atoms with van der Waals surface area (Å²) in [6.07, 6.45) is -0.433. The zero-order chi connectivity index (χ0) is 21.2. The van der Waals surface area contributed by atoms with E-state index in [9.17, 15) is 4.79 Å². The second-order valence-electron chi connectivity index (χ2n) is 8.31. The molecule has 0 saturated carbocycles. The van der Waals surface area contributed by atoms with Crippen LogP contribution < -0.4 is 16.0 Å². The Morgan fingerprint density at radius 3 is 2.14 bits per heavy atom. The molecular formula is C21H37IN4O3. The first kappa shape index (κ1) is 27.5. The maximum atomic E-state index is 12.0. The van der Waals surface area contributed by atoms with Crippen LogP contribution in [0.15, 0.2) is 29.3 Å². The smallest absolute Gasteiger partial charge is 0.408 e. The Hall–Kier alpha value is -1.55. The van der Waals surface area contributed by atoms with Gasteiger partial charge in [-0.1, -0.05) is 24.3 Å². The number of carbonyl (C=O) groups excluding carboxylic acids is 1. The lowest BCUT2D eigenvalue weighted by atomic mass is 10.1. The Balaban J connectivity index is 0.00000784. The highest BCUT2D eigenvalue weighted by Gasteiger charge is 2.24. The summed E-state index contributed by atoms with van der Waals surface area (Å²) in [6, 6.07) is 8.19. The summed E-state index contributed by atoms with van der Waals surface area (Å²) >= 11 is 0. The molecule has 0 aliphatic heterocycles. The first-order valence-electron chi connectivity index (χ1n) is 9.65. The summed E-state index contributed by atoms with van der Waals surface area (Å²) in [4.78, 5) is 16.6. The van der Waals surface area contributed by atoms with Gasteiger partial charge >= 0.3 is 6.09 Å². The number of methoxy groups -OCH3 is 1. The molecule has 0 atom stereocenters. The lowest BCUT2D eigenvalue weighted by molar-refractivity contribution is 0.0474. The highest BCUT2D eigenvalue weighted by atomic mass is 127. The van der Waals surface area contributed by atoms with Crippen LogP contribution in [-0.2, 0) is 22.6 Å². The van der Waals surface area contributed by atoms with Gasteiger partial charge in [-0.2, -0.15) is 0 Å². The number of rotatable bonds is 8. The van der Waals surface area contributed by atoms with Crippen molar-refractivity contribution in [2.45, 2.75) is 65.8 Å². The molecule has 166 valence electrons. The maximum Gasteiger partial charge on any atom is 0.408 e. The van der Waals surface area contributed by atoms with Gasteiger partial charge in [0.2, 0.25) is 0 Å². The number of carbonyl (C=O) groups is 1. The number of hydrogen-bond donors (Lipinski definition) is 3. The topological polar surface area (TPSA) is 84.0 Å². The molecule has 1 amide bonds. The molecule has 7 nitrogen and oxygen atoms in total. The molecule has 0 radical (unpaired) electrons. The first-order valence-corrected chi connectivity index (χ1v) is 9.65. The van der Waals surface area contributed by atoms with Gasteiger partial charge in [0.15, 0.2) is 5.96 Å². The van der Waals surface area contributed by atoms with Crippen LogP contribution >= 0.6 is 24.0 Å². The Labute approximate surface area is 192 Å². The zero-order valence-electron chi connectivity index (χ0n) is 18.7. The van der Waals surface area contributed by atoms with Crippen LogP contribution in [0, 0.1) is 0 Å². The number of benzene rings is 1. The highest BCUT2D eigenvalue weighted by Crippen LogP contribution is 2.09. The van der Waals surface area contributed by atoms with Crippen molar-refractivity contribution >= 4 is 36.0 Å². The van der Waals surface area contributed by atoms with E-state index < -0.39 is 17.2 Å². The highest BCUT2D eigenvalue weighted by molar-refractivity contribution is 14.0. The van der Waals surface area contributed by atoms with E-state index in [1.165, 1.54) is 0 Å². The summed E-state index contributed by atoms with van der Waals surface area (Å²) in [5.74, 6) is 0.697. The van der Waals surface area contributed by atoms with Crippen molar-refractivity contribution < 1.29 is 14.3 Å². The largest absolute Gasteiger partial charge is 0.444 e. The van der Waals surface area contributed by atoms with Gasteiger partial charge in [0, 0.05) is 20.2 Å². The predicted octanol–water partition coefficient (Wildman–Crippen LogP) is 3.81. The summed E-state index contributed by atoms with van der Waals surface area (Å²) in [6.45, 7) is 13.8. The molecular weight excluding hydrogens is 483 g/mol. The number of hydrogen-bond acceptors (Lipinski definition) is 4. The molecule has 29 heavy (non-hydrogen) atoms. The lowest BCUT2D eigenvalue weighted by Crippen LogP contribution is -2.54. The van der Waals surface area contributed by atoms with E-state index >= 15 is 0 Å². The van der Waals surface area contributed by atoms with Crippen molar-refractivity contribution in [3.63, 3.8) is 0 Å². The summed E-state index contributed by atoms with van der Waals surface area (Å²) < 4.78 is 10.5. The van der Waals surface area contributed by atoms with Crippen molar-refractivity contribution in [3.8, 4) is 0 Å². The minimum absolute atomic E-state index is 0. The summed E-state index contributed by atoms with van der Waals surface area (Å²) in [7, 11) is 1.69. The van der Waals surface area contributed by atoms with Gasteiger partial charge in [-0.15, -0.1) is 24.0 Å². The van der Waals surface area contributed by atoms with Crippen LogP contribution in [0.3, 0.4) is 0 Å². The van der Waals surface area contributed by atoms with E-state index in [2.05, 4.69) is 33.1 Å². The van der Waals surface area contributed by atoms with E-state index in [1.54, 1.807) is 7.11 Å². The Morgan fingerprint density at radius 1 is 1.03 bits per heavy atom. The molecule has 0 unspecified atom stereocenters. The molecule has 0 bridgehead atoms. The maximum absolute atomic E-state index is 12.0. The fraction of sp³-hybridized carbons (Fsp3) is 0.619. The van der Waals surface area contributed by atoms with Crippen molar-refractivity contribution in [1.29, 1.82) is 0 Å². The predicted molar refractivity (Wildman–Crippen MR) is 129 cm³/mol. The second kappa shape index (κ2) is 12.9. The number of amides is 1. The second-order valence-corrected chi connectivity index (χ2v) is 8.31. The fourth-order valence-electron chi connectivity index (χ4n) is 2.35. The molecule has 0 aliphatic rings. The Kier molecular flexibility index (Phi) is 12.2. The van der Waals surface area contributed by atoms with E-state index in [1.807, 2.05) is 53.7 Å². The SMILES string of the molecule is CCNC(=NCc1ccc(COC)cc1)NCC(C)(C)NC(=O)OC(C)(C)C.I. The third-order valence-electron chi connectivity index (χ3n) is 3.64.